The van der Waals surface area contributed by atoms with E-state index in [2.05, 4.69) is 43.3 Å². The van der Waals surface area contributed by atoms with Crippen LogP contribution in [-0.2, 0) is 10.2 Å². The van der Waals surface area contributed by atoms with Gasteiger partial charge in [0.1, 0.15) is 0 Å². The maximum Gasteiger partial charge on any atom is 0.233 e. The molecule has 0 bridgehead atoms. The third-order valence-electron chi connectivity index (χ3n) is 2.81. The predicted octanol–water partition coefficient (Wildman–Crippen LogP) is 2.54. The van der Waals surface area contributed by atoms with E-state index in [9.17, 15) is 4.79 Å². The summed E-state index contributed by atoms with van der Waals surface area (Å²) in [6.07, 6.45) is 0. The Labute approximate surface area is 120 Å². The normalized spacial score (nSPS) is 13.4. The highest BCUT2D eigenvalue weighted by Gasteiger charge is 2.22. The number of amides is 1. The molecule has 5 heteroatoms. The van der Waals surface area contributed by atoms with Crippen molar-refractivity contribution in [3.63, 3.8) is 0 Å². The highest BCUT2D eigenvalue weighted by molar-refractivity contribution is 7.12. The number of nitrogens with one attached hydrogen (secondary N) is 2. The van der Waals surface area contributed by atoms with E-state index in [-0.39, 0.29) is 17.4 Å². The lowest BCUT2D eigenvalue weighted by Crippen LogP contribution is -2.34. The molecule has 0 saturated heterocycles. The summed E-state index contributed by atoms with van der Waals surface area (Å²) >= 11 is 1.73. The number of aromatic nitrogens is 1. The molecule has 1 unspecified atom stereocenters. The summed E-state index contributed by atoms with van der Waals surface area (Å²) in [5.74, 6) is 0.0348. The Hall–Kier alpha value is -0.940. The van der Waals surface area contributed by atoms with Crippen LogP contribution in [0.1, 0.15) is 56.2 Å². The van der Waals surface area contributed by atoms with Crippen LogP contribution >= 0.6 is 11.3 Å². The summed E-state index contributed by atoms with van der Waals surface area (Å²) in [5.41, 5.74) is 1.14. The van der Waals surface area contributed by atoms with Crippen molar-refractivity contribution in [3.05, 3.63) is 15.6 Å². The minimum Gasteiger partial charge on any atom is -0.355 e. The van der Waals surface area contributed by atoms with E-state index in [0.29, 0.717) is 13.1 Å². The monoisotopic (exact) mass is 283 g/mol. The first-order chi connectivity index (χ1) is 8.75. The number of likely N-dealkylation sites (N-methyl/N-ethyl adjacent to an activating group) is 1. The number of nitrogens with zero attached hydrogens (tertiary/aromatic N) is 1. The highest BCUT2D eigenvalue weighted by atomic mass is 32.1. The van der Waals surface area contributed by atoms with Gasteiger partial charge in [-0.25, -0.2) is 4.98 Å². The number of hydrogen-bond acceptors (Lipinski definition) is 4. The van der Waals surface area contributed by atoms with Gasteiger partial charge in [0.25, 0.3) is 0 Å². The Balaban J connectivity index is 2.69. The van der Waals surface area contributed by atoms with E-state index >= 15 is 0 Å². The first-order valence-electron chi connectivity index (χ1n) is 6.73. The van der Waals surface area contributed by atoms with Crippen molar-refractivity contribution in [1.82, 2.24) is 15.6 Å². The molecule has 0 saturated carbocycles. The van der Waals surface area contributed by atoms with E-state index in [4.69, 9.17) is 0 Å². The molecular formula is C14H25N3OS. The van der Waals surface area contributed by atoms with Crippen molar-refractivity contribution < 1.29 is 4.79 Å². The topological polar surface area (TPSA) is 54.0 Å². The minimum atomic E-state index is 0.0348. The second kappa shape index (κ2) is 6.48. The lowest BCUT2D eigenvalue weighted by atomic mass is 9.98. The number of thiazole rings is 1. The lowest BCUT2D eigenvalue weighted by Gasteiger charge is -2.14. The van der Waals surface area contributed by atoms with Crippen molar-refractivity contribution in [2.24, 2.45) is 0 Å². The average molecular weight is 283 g/mol. The lowest BCUT2D eigenvalue weighted by molar-refractivity contribution is -0.120. The molecule has 1 aromatic rings. The van der Waals surface area contributed by atoms with Crippen molar-refractivity contribution in [1.29, 1.82) is 0 Å². The maximum absolute atomic E-state index is 11.4. The van der Waals surface area contributed by atoms with E-state index in [1.165, 1.54) is 4.88 Å². The molecule has 0 fully saturated rings. The third-order valence-corrected chi connectivity index (χ3v) is 4.58. The summed E-state index contributed by atoms with van der Waals surface area (Å²) in [4.78, 5) is 17.3. The van der Waals surface area contributed by atoms with Gasteiger partial charge in [-0.05, 0) is 20.8 Å². The molecule has 1 amide bonds. The zero-order valence-corrected chi connectivity index (χ0v) is 13.6. The van der Waals surface area contributed by atoms with Crippen LogP contribution in [0.15, 0.2) is 0 Å². The van der Waals surface area contributed by atoms with Crippen LogP contribution in [-0.4, -0.2) is 24.0 Å². The van der Waals surface area contributed by atoms with Gasteiger partial charge in [-0.1, -0.05) is 20.8 Å². The van der Waals surface area contributed by atoms with Gasteiger partial charge in [0, 0.05) is 22.9 Å². The van der Waals surface area contributed by atoms with E-state index in [1.54, 1.807) is 11.3 Å². The van der Waals surface area contributed by atoms with Crippen LogP contribution in [0.3, 0.4) is 0 Å². The van der Waals surface area contributed by atoms with Gasteiger partial charge in [-0.2, -0.15) is 0 Å². The molecule has 1 rings (SSSR count). The van der Waals surface area contributed by atoms with Crippen LogP contribution in [0.5, 0.6) is 0 Å². The Morgan fingerprint density at radius 2 is 2.05 bits per heavy atom. The molecule has 1 heterocycles. The largest absolute Gasteiger partial charge is 0.355 e. The SMILES string of the molecule is CCNC(=O)CNC(C)c1sc(C(C)(C)C)nc1C. The Morgan fingerprint density at radius 3 is 2.53 bits per heavy atom. The van der Waals surface area contributed by atoms with Gasteiger partial charge in [-0.3, -0.25) is 4.79 Å². The maximum atomic E-state index is 11.4. The molecule has 19 heavy (non-hydrogen) atoms. The number of rotatable bonds is 5. The van der Waals surface area contributed by atoms with Gasteiger partial charge in [0.05, 0.1) is 17.2 Å². The van der Waals surface area contributed by atoms with Crippen molar-refractivity contribution >= 4 is 17.2 Å². The Morgan fingerprint density at radius 1 is 1.42 bits per heavy atom. The fraction of sp³-hybridized carbons (Fsp3) is 0.714. The molecule has 108 valence electrons. The molecule has 0 aliphatic heterocycles. The van der Waals surface area contributed by atoms with E-state index in [1.807, 2.05) is 13.8 Å². The van der Waals surface area contributed by atoms with Gasteiger partial charge < -0.3 is 10.6 Å². The molecular weight excluding hydrogens is 258 g/mol. The number of hydrogen-bond donors (Lipinski definition) is 2. The zero-order chi connectivity index (χ0) is 14.6. The fourth-order valence-electron chi connectivity index (χ4n) is 1.73. The van der Waals surface area contributed by atoms with Crippen LogP contribution in [0.2, 0.25) is 0 Å². The third kappa shape index (κ3) is 4.58. The summed E-state index contributed by atoms with van der Waals surface area (Å²) in [7, 11) is 0. The molecule has 0 aliphatic rings. The quantitative estimate of drug-likeness (QED) is 0.873. The molecule has 0 spiro atoms. The van der Waals surface area contributed by atoms with Crippen molar-refractivity contribution in [2.45, 2.75) is 53.0 Å². The van der Waals surface area contributed by atoms with Crippen LogP contribution < -0.4 is 10.6 Å². The first-order valence-corrected chi connectivity index (χ1v) is 7.55. The second-order valence-corrected chi connectivity index (χ2v) is 6.81. The van der Waals surface area contributed by atoms with Crippen molar-refractivity contribution in [3.8, 4) is 0 Å². The van der Waals surface area contributed by atoms with Gasteiger partial charge >= 0.3 is 0 Å². The van der Waals surface area contributed by atoms with Crippen LogP contribution in [0, 0.1) is 6.92 Å². The smallest absolute Gasteiger partial charge is 0.233 e. The Kier molecular flexibility index (Phi) is 5.50. The summed E-state index contributed by atoms with van der Waals surface area (Å²) in [5, 5.41) is 7.18. The average Bonchev–Trinajstić information content (AvgIpc) is 2.68. The first kappa shape index (κ1) is 16.1. The molecule has 0 aliphatic carbocycles. The Bertz CT molecular complexity index is 434. The number of aryl methyl sites for hydroxylation is 1. The second-order valence-electron chi connectivity index (χ2n) is 5.77. The number of carbonyl (C=O) groups is 1. The number of carbonyl (C=O) groups excluding carboxylic acids is 1. The van der Waals surface area contributed by atoms with Gasteiger partial charge in [-0.15, -0.1) is 11.3 Å². The van der Waals surface area contributed by atoms with Gasteiger partial charge in [0.15, 0.2) is 0 Å². The molecule has 1 atom stereocenters. The summed E-state index contributed by atoms with van der Waals surface area (Å²) in [6, 6.07) is 0.149. The van der Waals surface area contributed by atoms with Crippen LogP contribution in [0.4, 0.5) is 0 Å². The summed E-state index contributed by atoms with van der Waals surface area (Å²) < 4.78 is 0. The standard InChI is InChI=1S/C14H25N3OS/c1-7-15-11(18)8-16-9(2)12-10(3)17-13(19-12)14(4,5)6/h9,16H,7-8H2,1-6H3,(H,15,18). The van der Waals surface area contributed by atoms with Crippen LogP contribution in [0.25, 0.3) is 0 Å². The minimum absolute atomic E-state index is 0.0348. The highest BCUT2D eigenvalue weighted by Crippen LogP contribution is 2.32. The van der Waals surface area contributed by atoms with Crippen molar-refractivity contribution in [2.75, 3.05) is 13.1 Å². The molecule has 0 aromatic carbocycles. The zero-order valence-electron chi connectivity index (χ0n) is 12.8. The van der Waals surface area contributed by atoms with E-state index < -0.39 is 0 Å². The predicted molar refractivity (Wildman–Crippen MR) is 80.7 cm³/mol. The van der Waals surface area contributed by atoms with Gasteiger partial charge in [0.2, 0.25) is 5.91 Å². The summed E-state index contributed by atoms with van der Waals surface area (Å²) in [6.45, 7) is 13.5. The fourth-order valence-corrected chi connectivity index (χ4v) is 2.88. The molecule has 2 N–H and O–H groups in total. The molecule has 0 radical (unpaired) electrons. The molecule has 4 nitrogen and oxygen atoms in total. The van der Waals surface area contributed by atoms with E-state index in [0.717, 1.165) is 10.7 Å². The molecule has 1 aromatic heterocycles.